The maximum absolute atomic E-state index is 12.6. The Kier molecular flexibility index (Phi) is 3.91. The number of carbonyl (C=O) groups is 2. The van der Waals surface area contributed by atoms with E-state index in [-0.39, 0.29) is 12.7 Å². The summed E-state index contributed by atoms with van der Waals surface area (Å²) in [6.07, 6.45) is 0.401. The molecule has 0 saturated carbocycles. The highest BCUT2D eigenvalue weighted by Gasteiger charge is 2.41. The van der Waals surface area contributed by atoms with Crippen LogP contribution in [-0.4, -0.2) is 41.6 Å². The Bertz CT molecular complexity index is 832. The molecule has 7 nitrogen and oxygen atoms in total. The molecule has 0 bridgehead atoms. The Morgan fingerprint density at radius 2 is 2.16 bits per heavy atom. The Hall–Kier alpha value is -2.48. The van der Waals surface area contributed by atoms with Crippen molar-refractivity contribution in [1.29, 1.82) is 0 Å². The molecular formula is C17H16N2O5S. The Morgan fingerprint density at radius 1 is 1.36 bits per heavy atom. The molecule has 0 aliphatic carbocycles. The number of methoxy groups -OCH3 is 1. The summed E-state index contributed by atoms with van der Waals surface area (Å²) in [5, 5.41) is 0.615. The van der Waals surface area contributed by atoms with Gasteiger partial charge in [-0.1, -0.05) is 17.8 Å². The number of nitrogens with zero attached hydrogens (tertiary/aromatic N) is 2. The first-order chi connectivity index (χ1) is 12.1. The van der Waals surface area contributed by atoms with Gasteiger partial charge < -0.3 is 14.2 Å². The van der Waals surface area contributed by atoms with Crippen molar-refractivity contribution in [3.63, 3.8) is 0 Å². The summed E-state index contributed by atoms with van der Waals surface area (Å²) in [6, 6.07) is 4.84. The number of carbonyl (C=O) groups excluding carboxylic acids is 2. The molecule has 1 amide bonds. The van der Waals surface area contributed by atoms with E-state index in [1.165, 1.54) is 18.9 Å². The molecule has 3 aliphatic rings. The fourth-order valence-corrected chi connectivity index (χ4v) is 4.17. The molecular weight excluding hydrogens is 344 g/mol. The first-order valence-corrected chi connectivity index (χ1v) is 8.81. The molecule has 1 aromatic rings. The first-order valence-electron chi connectivity index (χ1n) is 7.82. The molecule has 0 N–H and O–H groups in total. The number of ether oxygens (including phenoxy) is 3. The summed E-state index contributed by atoms with van der Waals surface area (Å²) in [7, 11) is 1.32. The van der Waals surface area contributed by atoms with Crippen molar-refractivity contribution >= 4 is 28.8 Å². The molecule has 1 atom stereocenters. The number of hydrogen-bond donors (Lipinski definition) is 0. The molecule has 0 radical (unpaired) electrons. The molecule has 3 aliphatic heterocycles. The van der Waals surface area contributed by atoms with Crippen molar-refractivity contribution in [2.45, 2.75) is 19.4 Å². The molecule has 1 saturated heterocycles. The van der Waals surface area contributed by atoms with E-state index in [9.17, 15) is 9.59 Å². The van der Waals surface area contributed by atoms with E-state index in [1.807, 2.05) is 6.07 Å². The van der Waals surface area contributed by atoms with Gasteiger partial charge in [0.1, 0.15) is 0 Å². The topological polar surface area (TPSA) is 77.4 Å². The van der Waals surface area contributed by atoms with Crippen LogP contribution >= 0.6 is 11.8 Å². The lowest BCUT2D eigenvalue weighted by Gasteiger charge is -2.38. The van der Waals surface area contributed by atoms with Crippen LogP contribution in [0.5, 0.6) is 11.5 Å². The highest BCUT2D eigenvalue weighted by Crippen LogP contribution is 2.43. The van der Waals surface area contributed by atoms with Crippen LogP contribution in [0.4, 0.5) is 0 Å². The van der Waals surface area contributed by atoms with Crippen LogP contribution in [-0.2, 0) is 14.3 Å². The zero-order valence-corrected chi connectivity index (χ0v) is 14.6. The smallest absolute Gasteiger partial charge is 0.338 e. The standard InChI is InChI=1S/C17H16N2O5S/c1-9-14(16(21)22-2)15(19-13(20)5-6-25-17(19)18-9)10-3-4-11-12(7-10)24-8-23-11/h3-4,7,15H,5-6,8H2,1-2H3. The number of aliphatic imine (C=N–C) groups is 1. The summed E-state index contributed by atoms with van der Waals surface area (Å²) in [4.78, 5) is 31.1. The number of amidine groups is 1. The predicted molar refractivity (Wildman–Crippen MR) is 91.4 cm³/mol. The molecule has 0 aromatic heterocycles. The van der Waals surface area contributed by atoms with Gasteiger partial charge in [0.05, 0.1) is 24.4 Å². The first kappa shape index (κ1) is 16.0. The normalized spacial score (nSPS) is 21.8. The van der Waals surface area contributed by atoms with Crippen LogP contribution in [0.1, 0.15) is 24.9 Å². The van der Waals surface area contributed by atoms with Gasteiger partial charge in [-0.2, -0.15) is 0 Å². The summed E-state index contributed by atoms with van der Waals surface area (Å²) in [5.41, 5.74) is 1.68. The maximum Gasteiger partial charge on any atom is 0.338 e. The summed E-state index contributed by atoms with van der Waals surface area (Å²) < 4.78 is 15.8. The number of hydrogen-bond acceptors (Lipinski definition) is 7. The quantitative estimate of drug-likeness (QED) is 0.753. The molecule has 0 spiro atoms. The van der Waals surface area contributed by atoms with Crippen LogP contribution < -0.4 is 9.47 Å². The molecule has 1 unspecified atom stereocenters. The fourth-order valence-electron chi connectivity index (χ4n) is 3.17. The van der Waals surface area contributed by atoms with Gasteiger partial charge in [-0.25, -0.2) is 9.79 Å². The van der Waals surface area contributed by atoms with Crippen LogP contribution in [0.25, 0.3) is 0 Å². The van der Waals surface area contributed by atoms with Crippen molar-refractivity contribution in [3.8, 4) is 11.5 Å². The van der Waals surface area contributed by atoms with Gasteiger partial charge in [-0.05, 0) is 24.6 Å². The third kappa shape index (κ3) is 2.57. The van der Waals surface area contributed by atoms with Crippen molar-refractivity contribution in [2.75, 3.05) is 19.7 Å². The van der Waals surface area contributed by atoms with Gasteiger partial charge in [0.25, 0.3) is 0 Å². The minimum atomic E-state index is -0.588. The molecule has 1 fully saturated rings. The number of esters is 1. The van der Waals surface area contributed by atoms with Gasteiger partial charge in [0.2, 0.25) is 12.7 Å². The third-order valence-corrected chi connectivity index (χ3v) is 5.28. The number of rotatable bonds is 2. The Labute approximate surface area is 148 Å². The van der Waals surface area contributed by atoms with Gasteiger partial charge in [-0.15, -0.1) is 0 Å². The fraction of sp³-hybridized carbons (Fsp3) is 0.353. The van der Waals surface area contributed by atoms with Gasteiger partial charge in [0, 0.05) is 12.2 Å². The zero-order valence-electron chi connectivity index (χ0n) is 13.8. The minimum Gasteiger partial charge on any atom is -0.466 e. The lowest BCUT2D eigenvalue weighted by molar-refractivity contribution is -0.137. The van der Waals surface area contributed by atoms with Crippen LogP contribution in [0.15, 0.2) is 34.5 Å². The molecule has 25 heavy (non-hydrogen) atoms. The molecule has 1 aromatic carbocycles. The second-order valence-corrected chi connectivity index (χ2v) is 6.82. The van der Waals surface area contributed by atoms with Gasteiger partial charge in [0.15, 0.2) is 16.7 Å². The highest BCUT2D eigenvalue weighted by molar-refractivity contribution is 8.14. The second-order valence-electron chi connectivity index (χ2n) is 5.76. The SMILES string of the molecule is COC(=O)C1=C(C)N=C2SCCC(=O)N2C1c1ccc2c(c1)OCO2. The Balaban J connectivity index is 1.87. The van der Waals surface area contributed by atoms with Crippen molar-refractivity contribution < 1.29 is 23.8 Å². The van der Waals surface area contributed by atoms with E-state index in [0.717, 1.165) is 5.56 Å². The molecule has 8 heteroatoms. The van der Waals surface area contributed by atoms with E-state index in [4.69, 9.17) is 14.2 Å². The lowest BCUT2D eigenvalue weighted by atomic mass is 9.94. The average Bonchev–Trinajstić information content (AvgIpc) is 3.07. The summed E-state index contributed by atoms with van der Waals surface area (Å²) in [6.45, 7) is 1.92. The highest BCUT2D eigenvalue weighted by atomic mass is 32.2. The van der Waals surface area contributed by atoms with Crippen LogP contribution in [0, 0.1) is 0 Å². The van der Waals surface area contributed by atoms with E-state index in [0.29, 0.717) is 40.1 Å². The number of allylic oxidation sites excluding steroid dienone is 1. The van der Waals surface area contributed by atoms with Gasteiger partial charge >= 0.3 is 5.97 Å². The number of benzene rings is 1. The average molecular weight is 360 g/mol. The van der Waals surface area contributed by atoms with Crippen molar-refractivity contribution in [3.05, 3.63) is 35.0 Å². The van der Waals surface area contributed by atoms with Crippen LogP contribution in [0.2, 0.25) is 0 Å². The van der Waals surface area contributed by atoms with Crippen molar-refractivity contribution in [2.24, 2.45) is 4.99 Å². The largest absolute Gasteiger partial charge is 0.466 e. The molecule has 3 heterocycles. The summed E-state index contributed by atoms with van der Waals surface area (Å²) in [5.74, 6) is 1.37. The monoisotopic (exact) mass is 360 g/mol. The zero-order chi connectivity index (χ0) is 17.6. The maximum atomic E-state index is 12.6. The van der Waals surface area contributed by atoms with E-state index in [1.54, 1.807) is 24.0 Å². The molecule has 130 valence electrons. The number of fused-ring (bicyclic) bond motifs is 2. The molecule has 4 rings (SSSR count). The number of amides is 1. The van der Waals surface area contributed by atoms with Gasteiger partial charge in [-0.3, -0.25) is 9.69 Å². The third-order valence-electron chi connectivity index (χ3n) is 4.32. The number of thioether (sulfide) groups is 1. The minimum absolute atomic E-state index is 0.0610. The predicted octanol–water partition coefficient (Wildman–Crippen LogP) is 2.24. The van der Waals surface area contributed by atoms with E-state index < -0.39 is 12.0 Å². The van der Waals surface area contributed by atoms with Crippen molar-refractivity contribution in [1.82, 2.24) is 4.90 Å². The lowest BCUT2D eigenvalue weighted by Crippen LogP contribution is -2.45. The second kappa shape index (κ2) is 6.11. The van der Waals surface area contributed by atoms with E-state index in [2.05, 4.69) is 4.99 Å². The summed E-state index contributed by atoms with van der Waals surface area (Å²) >= 11 is 1.51. The van der Waals surface area contributed by atoms with E-state index >= 15 is 0 Å². The van der Waals surface area contributed by atoms with Crippen LogP contribution in [0.3, 0.4) is 0 Å². The Morgan fingerprint density at radius 3 is 2.96 bits per heavy atom.